The maximum Gasteiger partial charge on any atom is 0.337 e. The first-order chi connectivity index (χ1) is 7.53. The number of hydrogen-bond acceptors (Lipinski definition) is 3. The molecule has 3 heteroatoms. The zero-order valence-electron chi connectivity index (χ0n) is 10.2. The predicted molar refractivity (Wildman–Crippen MR) is 60.4 cm³/mol. The molecule has 0 aromatic heterocycles. The largest absolute Gasteiger partial charge is 0.459 e. The van der Waals surface area contributed by atoms with Crippen molar-refractivity contribution in [3.63, 3.8) is 0 Å². The van der Waals surface area contributed by atoms with E-state index in [1.165, 1.54) is 18.8 Å². The fourth-order valence-corrected chi connectivity index (χ4v) is 2.95. The summed E-state index contributed by atoms with van der Waals surface area (Å²) >= 11 is 0. The Balaban J connectivity index is 2.25. The Bertz CT molecular complexity index is 308. The quantitative estimate of drug-likeness (QED) is 0.642. The Morgan fingerprint density at radius 3 is 2.81 bits per heavy atom. The summed E-state index contributed by atoms with van der Waals surface area (Å²) in [7, 11) is 0. The number of ether oxygens (including phenoxy) is 2. The van der Waals surface area contributed by atoms with Gasteiger partial charge in [-0.25, -0.2) is 4.79 Å². The first-order valence-electron chi connectivity index (χ1n) is 6.11. The second-order valence-corrected chi connectivity index (χ2v) is 5.39. The van der Waals surface area contributed by atoms with Crippen molar-refractivity contribution in [2.45, 2.75) is 45.8 Å². The smallest absolute Gasteiger partial charge is 0.337 e. The van der Waals surface area contributed by atoms with Crippen LogP contribution in [0.3, 0.4) is 0 Å². The first kappa shape index (κ1) is 11.5. The Hall–Kier alpha value is -0.990. The highest BCUT2D eigenvalue weighted by molar-refractivity contribution is 5.82. The summed E-state index contributed by atoms with van der Waals surface area (Å²) in [4.78, 5) is 11.4. The van der Waals surface area contributed by atoms with Crippen LogP contribution in [0.1, 0.15) is 40.0 Å². The second-order valence-electron chi connectivity index (χ2n) is 5.39. The van der Waals surface area contributed by atoms with E-state index in [-0.39, 0.29) is 5.97 Å². The van der Waals surface area contributed by atoms with Crippen LogP contribution < -0.4 is 0 Å². The van der Waals surface area contributed by atoms with E-state index in [1.54, 1.807) is 0 Å². The van der Waals surface area contributed by atoms with Crippen molar-refractivity contribution in [1.82, 2.24) is 0 Å². The second kappa shape index (κ2) is 4.11. The van der Waals surface area contributed by atoms with Crippen LogP contribution in [0, 0.1) is 17.8 Å². The third kappa shape index (κ3) is 1.95. The molecule has 1 spiro atoms. The van der Waals surface area contributed by atoms with Gasteiger partial charge >= 0.3 is 5.97 Å². The van der Waals surface area contributed by atoms with Gasteiger partial charge in [-0.15, -0.1) is 0 Å². The van der Waals surface area contributed by atoms with Gasteiger partial charge in [-0.05, 0) is 24.7 Å². The molecule has 1 aliphatic heterocycles. The van der Waals surface area contributed by atoms with Crippen LogP contribution in [0.2, 0.25) is 0 Å². The van der Waals surface area contributed by atoms with E-state index in [2.05, 4.69) is 20.8 Å². The molecule has 0 bridgehead atoms. The summed E-state index contributed by atoms with van der Waals surface area (Å²) in [5, 5.41) is 0. The van der Waals surface area contributed by atoms with Gasteiger partial charge in [0.2, 0.25) is 0 Å². The number of esters is 1. The van der Waals surface area contributed by atoms with Crippen molar-refractivity contribution in [1.29, 1.82) is 0 Å². The average Bonchev–Trinajstić information content (AvgIpc) is 2.16. The minimum atomic E-state index is -0.697. The van der Waals surface area contributed by atoms with Crippen molar-refractivity contribution in [3.8, 4) is 0 Å². The lowest BCUT2D eigenvalue weighted by Gasteiger charge is -2.46. The Morgan fingerprint density at radius 1 is 1.44 bits per heavy atom. The summed E-state index contributed by atoms with van der Waals surface area (Å²) < 4.78 is 11.2. The number of hydrogen-bond donors (Lipinski definition) is 0. The fraction of sp³-hybridized carbons (Fsp3) is 0.769. The van der Waals surface area contributed by atoms with Crippen LogP contribution in [-0.4, -0.2) is 11.8 Å². The Kier molecular flexibility index (Phi) is 2.96. The van der Waals surface area contributed by atoms with Crippen molar-refractivity contribution in [2.75, 3.05) is 0 Å². The molecule has 90 valence electrons. The molecule has 2 aliphatic rings. The van der Waals surface area contributed by atoms with E-state index in [9.17, 15) is 4.79 Å². The van der Waals surface area contributed by atoms with Crippen molar-refractivity contribution in [3.05, 3.63) is 12.3 Å². The van der Waals surface area contributed by atoms with Gasteiger partial charge in [0.15, 0.2) is 0 Å². The first-order valence-corrected chi connectivity index (χ1v) is 6.11. The number of rotatable bonds is 1. The number of carbonyl (C=O) groups is 1. The third-order valence-corrected chi connectivity index (χ3v) is 3.72. The summed E-state index contributed by atoms with van der Waals surface area (Å²) in [6.45, 7) is 6.52. The van der Waals surface area contributed by atoms with E-state index < -0.39 is 5.79 Å². The number of carbonyl (C=O) groups excluding carboxylic acids is 1. The highest BCUT2D eigenvalue weighted by atomic mass is 16.7. The molecule has 1 aliphatic carbocycles. The predicted octanol–water partition coefficient (Wildman–Crippen LogP) is 2.86. The molecular formula is C13H20O3. The molecule has 0 aromatic carbocycles. The van der Waals surface area contributed by atoms with Gasteiger partial charge in [-0.3, -0.25) is 0 Å². The van der Waals surface area contributed by atoms with Gasteiger partial charge in [-0.2, -0.15) is 0 Å². The average molecular weight is 224 g/mol. The molecule has 2 rings (SSSR count). The lowest BCUT2D eigenvalue weighted by atomic mass is 9.72. The monoisotopic (exact) mass is 224 g/mol. The van der Waals surface area contributed by atoms with Crippen LogP contribution >= 0.6 is 0 Å². The summed E-state index contributed by atoms with van der Waals surface area (Å²) in [6, 6.07) is 0. The minimum absolute atomic E-state index is 0.272. The van der Waals surface area contributed by atoms with Crippen molar-refractivity contribution in [2.24, 2.45) is 17.8 Å². The standard InChI is InChI=1S/C13H20O3/c1-9(2)11-5-4-10(3)8-13(11)15-7-6-12(14)16-13/h6-7,9-11H,4-5,8H2,1-3H3/t10?,11?,13-/m1/s1. The van der Waals surface area contributed by atoms with E-state index in [1.807, 2.05) is 0 Å². The van der Waals surface area contributed by atoms with E-state index in [0.717, 1.165) is 12.8 Å². The van der Waals surface area contributed by atoms with Gasteiger partial charge in [0, 0.05) is 12.3 Å². The van der Waals surface area contributed by atoms with E-state index in [0.29, 0.717) is 17.8 Å². The summed E-state index contributed by atoms with van der Waals surface area (Å²) in [5.74, 6) is 0.349. The highest BCUT2D eigenvalue weighted by Gasteiger charge is 2.50. The van der Waals surface area contributed by atoms with E-state index >= 15 is 0 Å². The molecule has 0 radical (unpaired) electrons. The lowest BCUT2D eigenvalue weighted by Crippen LogP contribution is -2.51. The molecule has 1 fully saturated rings. The van der Waals surface area contributed by atoms with Gasteiger partial charge in [0.25, 0.3) is 5.79 Å². The molecule has 3 nitrogen and oxygen atoms in total. The molecular weight excluding hydrogens is 204 g/mol. The van der Waals surface area contributed by atoms with Crippen LogP contribution in [0.4, 0.5) is 0 Å². The van der Waals surface area contributed by atoms with Gasteiger partial charge < -0.3 is 9.47 Å². The summed E-state index contributed by atoms with van der Waals surface area (Å²) in [5.41, 5.74) is 0. The summed E-state index contributed by atoms with van der Waals surface area (Å²) in [6.07, 6.45) is 5.92. The minimum Gasteiger partial charge on any atom is -0.459 e. The molecule has 2 unspecified atom stereocenters. The molecule has 0 N–H and O–H groups in total. The Morgan fingerprint density at radius 2 is 2.19 bits per heavy atom. The van der Waals surface area contributed by atoms with Crippen LogP contribution in [0.15, 0.2) is 12.3 Å². The zero-order valence-corrected chi connectivity index (χ0v) is 10.2. The topological polar surface area (TPSA) is 35.5 Å². The van der Waals surface area contributed by atoms with Crippen molar-refractivity contribution < 1.29 is 14.3 Å². The molecule has 0 amide bonds. The van der Waals surface area contributed by atoms with Gasteiger partial charge in [0.1, 0.15) is 0 Å². The normalized spacial score (nSPS) is 38.6. The maximum atomic E-state index is 11.4. The molecule has 3 atom stereocenters. The third-order valence-electron chi connectivity index (χ3n) is 3.72. The molecule has 0 saturated heterocycles. The highest BCUT2D eigenvalue weighted by Crippen LogP contribution is 2.45. The van der Waals surface area contributed by atoms with E-state index in [4.69, 9.17) is 9.47 Å². The Labute approximate surface area is 96.8 Å². The van der Waals surface area contributed by atoms with Crippen molar-refractivity contribution >= 4 is 5.97 Å². The van der Waals surface area contributed by atoms with Gasteiger partial charge in [-0.1, -0.05) is 20.8 Å². The molecule has 1 saturated carbocycles. The molecule has 1 heterocycles. The van der Waals surface area contributed by atoms with Crippen LogP contribution in [0.25, 0.3) is 0 Å². The lowest BCUT2D eigenvalue weighted by molar-refractivity contribution is -0.261. The molecule has 16 heavy (non-hydrogen) atoms. The SMILES string of the molecule is CC1CCC(C(C)C)[C@]2(C1)OC=CC(=O)O2. The maximum absolute atomic E-state index is 11.4. The fourth-order valence-electron chi connectivity index (χ4n) is 2.95. The molecule has 0 aromatic rings. The van der Waals surface area contributed by atoms with Crippen LogP contribution in [-0.2, 0) is 14.3 Å². The zero-order chi connectivity index (χ0) is 11.8. The van der Waals surface area contributed by atoms with Crippen LogP contribution in [0.5, 0.6) is 0 Å². The van der Waals surface area contributed by atoms with Gasteiger partial charge in [0.05, 0.1) is 12.3 Å².